The van der Waals surface area contributed by atoms with Crippen LogP contribution in [0.1, 0.15) is 5.56 Å². The Balaban J connectivity index is 2.17. The van der Waals surface area contributed by atoms with E-state index in [0.29, 0.717) is 24.5 Å². The predicted molar refractivity (Wildman–Crippen MR) is 62.3 cm³/mol. The highest BCUT2D eigenvalue weighted by molar-refractivity contribution is 5.85. The van der Waals surface area contributed by atoms with Gasteiger partial charge in [0, 0.05) is 6.08 Å². The SMILES string of the molecule is COc1ccc(CC2=CC(=O)OC2)cc1OC. The number of hydrogen-bond donors (Lipinski definition) is 0. The summed E-state index contributed by atoms with van der Waals surface area (Å²) in [5, 5.41) is 0. The fourth-order valence-electron chi connectivity index (χ4n) is 1.77. The van der Waals surface area contributed by atoms with Gasteiger partial charge >= 0.3 is 5.97 Å². The van der Waals surface area contributed by atoms with E-state index in [1.807, 2.05) is 18.2 Å². The number of carbonyl (C=O) groups excluding carboxylic acids is 1. The molecule has 4 nitrogen and oxygen atoms in total. The van der Waals surface area contributed by atoms with Crippen LogP contribution in [0.4, 0.5) is 0 Å². The second-order valence-electron chi connectivity index (χ2n) is 3.78. The van der Waals surface area contributed by atoms with Crippen molar-refractivity contribution >= 4 is 5.97 Å². The van der Waals surface area contributed by atoms with Crippen molar-refractivity contribution < 1.29 is 19.0 Å². The molecule has 1 aromatic rings. The fourth-order valence-corrected chi connectivity index (χ4v) is 1.77. The van der Waals surface area contributed by atoms with Gasteiger partial charge in [0.2, 0.25) is 0 Å². The highest BCUT2D eigenvalue weighted by atomic mass is 16.5. The van der Waals surface area contributed by atoms with Crippen LogP contribution in [-0.2, 0) is 16.0 Å². The zero-order chi connectivity index (χ0) is 12.3. The second-order valence-corrected chi connectivity index (χ2v) is 3.78. The minimum absolute atomic E-state index is 0.263. The van der Waals surface area contributed by atoms with Crippen molar-refractivity contribution in [2.75, 3.05) is 20.8 Å². The Bertz CT molecular complexity index is 462. The molecule has 0 radical (unpaired) electrons. The molecule has 0 aromatic heterocycles. The summed E-state index contributed by atoms with van der Waals surface area (Å²) in [4.78, 5) is 10.9. The Kier molecular flexibility index (Phi) is 3.32. The summed E-state index contributed by atoms with van der Waals surface area (Å²) in [5.74, 6) is 1.13. The van der Waals surface area contributed by atoms with Crippen molar-refractivity contribution in [3.05, 3.63) is 35.4 Å². The molecule has 17 heavy (non-hydrogen) atoms. The summed E-state index contributed by atoms with van der Waals surface area (Å²) >= 11 is 0. The monoisotopic (exact) mass is 234 g/mol. The van der Waals surface area contributed by atoms with E-state index in [1.54, 1.807) is 14.2 Å². The first-order valence-corrected chi connectivity index (χ1v) is 5.30. The van der Waals surface area contributed by atoms with E-state index in [-0.39, 0.29) is 5.97 Å². The van der Waals surface area contributed by atoms with Gasteiger partial charge in [0.05, 0.1) is 14.2 Å². The van der Waals surface area contributed by atoms with Gasteiger partial charge in [-0.05, 0) is 29.7 Å². The molecule has 0 unspecified atom stereocenters. The van der Waals surface area contributed by atoms with E-state index in [2.05, 4.69) is 0 Å². The molecule has 1 aliphatic heterocycles. The minimum atomic E-state index is -0.263. The Morgan fingerprint density at radius 3 is 2.59 bits per heavy atom. The second kappa shape index (κ2) is 4.91. The predicted octanol–water partition coefficient (Wildman–Crippen LogP) is 1.73. The molecule has 0 bridgehead atoms. The van der Waals surface area contributed by atoms with Crippen molar-refractivity contribution in [2.24, 2.45) is 0 Å². The van der Waals surface area contributed by atoms with Crippen LogP contribution in [0.3, 0.4) is 0 Å². The van der Waals surface area contributed by atoms with Crippen LogP contribution in [0.25, 0.3) is 0 Å². The van der Waals surface area contributed by atoms with Crippen LogP contribution in [0, 0.1) is 0 Å². The van der Waals surface area contributed by atoms with Crippen molar-refractivity contribution in [3.63, 3.8) is 0 Å². The third-order valence-corrected chi connectivity index (χ3v) is 2.60. The average Bonchev–Trinajstić information content (AvgIpc) is 2.74. The van der Waals surface area contributed by atoms with Crippen molar-refractivity contribution in [2.45, 2.75) is 6.42 Å². The summed E-state index contributed by atoms with van der Waals surface area (Å²) in [7, 11) is 3.20. The van der Waals surface area contributed by atoms with Crippen LogP contribution >= 0.6 is 0 Å². The van der Waals surface area contributed by atoms with Crippen molar-refractivity contribution in [1.29, 1.82) is 0 Å². The molecule has 0 N–H and O–H groups in total. The lowest BCUT2D eigenvalue weighted by molar-refractivity contribution is -0.134. The van der Waals surface area contributed by atoms with Gasteiger partial charge in [-0.2, -0.15) is 0 Å². The Hall–Kier alpha value is -1.97. The lowest BCUT2D eigenvalue weighted by atomic mass is 10.1. The zero-order valence-electron chi connectivity index (χ0n) is 9.86. The molecule has 0 amide bonds. The van der Waals surface area contributed by atoms with E-state index in [1.165, 1.54) is 6.08 Å². The lowest BCUT2D eigenvalue weighted by Crippen LogP contribution is -1.96. The molecule has 2 rings (SSSR count). The number of hydrogen-bond acceptors (Lipinski definition) is 4. The summed E-state index contributed by atoms with van der Waals surface area (Å²) in [6.07, 6.45) is 2.23. The molecule has 1 aliphatic rings. The average molecular weight is 234 g/mol. The van der Waals surface area contributed by atoms with Gasteiger partial charge in [-0.3, -0.25) is 0 Å². The van der Waals surface area contributed by atoms with Gasteiger partial charge in [-0.25, -0.2) is 4.79 Å². The van der Waals surface area contributed by atoms with Gasteiger partial charge in [0.15, 0.2) is 11.5 Å². The van der Waals surface area contributed by atoms with Crippen LogP contribution in [0.15, 0.2) is 29.8 Å². The molecule has 0 spiro atoms. The van der Waals surface area contributed by atoms with E-state index in [9.17, 15) is 4.79 Å². The van der Waals surface area contributed by atoms with Gasteiger partial charge in [-0.15, -0.1) is 0 Å². The number of rotatable bonds is 4. The third-order valence-electron chi connectivity index (χ3n) is 2.60. The number of methoxy groups -OCH3 is 2. The molecule has 0 fully saturated rings. The van der Waals surface area contributed by atoms with Crippen molar-refractivity contribution in [3.8, 4) is 11.5 Å². The van der Waals surface area contributed by atoms with E-state index < -0.39 is 0 Å². The smallest absolute Gasteiger partial charge is 0.331 e. The van der Waals surface area contributed by atoms with Gasteiger partial charge < -0.3 is 14.2 Å². The molecule has 0 aliphatic carbocycles. The molecule has 1 heterocycles. The molecule has 0 atom stereocenters. The van der Waals surface area contributed by atoms with Crippen LogP contribution in [0.2, 0.25) is 0 Å². The third kappa shape index (κ3) is 2.58. The summed E-state index contributed by atoms with van der Waals surface area (Å²) in [6.45, 7) is 0.382. The maximum atomic E-state index is 10.9. The molecule has 90 valence electrons. The van der Waals surface area contributed by atoms with E-state index in [0.717, 1.165) is 11.1 Å². The number of ether oxygens (including phenoxy) is 3. The number of cyclic esters (lactones) is 1. The standard InChI is InChI=1S/C13H14O4/c1-15-11-4-3-9(6-12(11)16-2)5-10-7-13(14)17-8-10/h3-4,6-7H,5,8H2,1-2H3. The Morgan fingerprint density at radius 1 is 1.24 bits per heavy atom. The fraction of sp³-hybridized carbons (Fsp3) is 0.308. The molecule has 0 saturated carbocycles. The first-order valence-electron chi connectivity index (χ1n) is 5.30. The van der Waals surface area contributed by atoms with E-state index >= 15 is 0 Å². The zero-order valence-corrected chi connectivity index (χ0v) is 9.86. The highest BCUT2D eigenvalue weighted by Gasteiger charge is 2.14. The summed E-state index contributed by atoms with van der Waals surface area (Å²) < 4.78 is 15.2. The minimum Gasteiger partial charge on any atom is -0.493 e. The summed E-state index contributed by atoms with van der Waals surface area (Å²) in [6, 6.07) is 5.71. The number of carbonyl (C=O) groups is 1. The van der Waals surface area contributed by atoms with Gasteiger partial charge in [0.1, 0.15) is 6.61 Å². The van der Waals surface area contributed by atoms with Crippen molar-refractivity contribution in [1.82, 2.24) is 0 Å². The molecular formula is C13H14O4. The topological polar surface area (TPSA) is 44.8 Å². The van der Waals surface area contributed by atoms with Crippen LogP contribution < -0.4 is 9.47 Å². The Morgan fingerprint density at radius 2 is 2.00 bits per heavy atom. The number of benzene rings is 1. The Labute approximate surface area is 99.8 Å². The first-order chi connectivity index (χ1) is 8.22. The molecule has 4 heteroatoms. The quantitative estimate of drug-likeness (QED) is 0.744. The van der Waals surface area contributed by atoms with E-state index in [4.69, 9.17) is 14.2 Å². The maximum absolute atomic E-state index is 10.9. The maximum Gasteiger partial charge on any atom is 0.331 e. The van der Waals surface area contributed by atoms with Crippen LogP contribution in [-0.4, -0.2) is 26.8 Å². The molecule has 1 aromatic carbocycles. The van der Waals surface area contributed by atoms with Crippen LogP contribution in [0.5, 0.6) is 11.5 Å². The summed E-state index contributed by atoms with van der Waals surface area (Å²) in [5.41, 5.74) is 2.04. The normalized spacial score (nSPS) is 14.2. The lowest BCUT2D eigenvalue weighted by Gasteiger charge is -2.09. The molecule has 0 saturated heterocycles. The first kappa shape index (κ1) is 11.5. The largest absolute Gasteiger partial charge is 0.493 e. The van der Waals surface area contributed by atoms with Gasteiger partial charge in [0.25, 0.3) is 0 Å². The highest BCUT2D eigenvalue weighted by Crippen LogP contribution is 2.28. The number of esters is 1. The molecular weight excluding hydrogens is 220 g/mol. The van der Waals surface area contributed by atoms with Gasteiger partial charge in [-0.1, -0.05) is 6.07 Å².